The lowest BCUT2D eigenvalue weighted by molar-refractivity contribution is 0.344. The predicted octanol–water partition coefficient (Wildman–Crippen LogP) is 3.84. The Labute approximate surface area is 111 Å². The van der Waals surface area contributed by atoms with Gasteiger partial charge in [-0.1, -0.05) is 38.1 Å². The molecule has 100 valence electrons. The van der Waals surface area contributed by atoms with Crippen molar-refractivity contribution in [3.05, 3.63) is 41.5 Å². The average Bonchev–Trinajstić information content (AvgIpc) is 2.37. The molecule has 1 aromatic carbocycles. The van der Waals surface area contributed by atoms with E-state index < -0.39 is 0 Å². The molecule has 0 fully saturated rings. The molecule has 2 nitrogen and oxygen atoms in total. The number of benzene rings is 1. The smallest absolute Gasteiger partial charge is 0.124 e. The monoisotopic (exact) mass is 247 g/mol. The number of rotatable bonds is 8. The molecule has 0 radical (unpaired) electrons. The molecule has 0 saturated carbocycles. The molecule has 0 unspecified atom stereocenters. The molecule has 1 rings (SSSR count). The summed E-state index contributed by atoms with van der Waals surface area (Å²) >= 11 is 0. The van der Waals surface area contributed by atoms with Crippen LogP contribution < -0.4 is 10.1 Å². The van der Waals surface area contributed by atoms with E-state index in [2.05, 4.69) is 50.9 Å². The van der Waals surface area contributed by atoms with Gasteiger partial charge in [0.2, 0.25) is 0 Å². The highest BCUT2D eigenvalue weighted by Gasteiger charge is 2.04. The van der Waals surface area contributed by atoms with Crippen LogP contribution in [0.25, 0.3) is 0 Å². The van der Waals surface area contributed by atoms with E-state index in [0.29, 0.717) is 6.61 Å². The molecule has 1 aromatic rings. The van der Waals surface area contributed by atoms with Crippen molar-refractivity contribution in [2.75, 3.05) is 13.2 Å². The standard InChI is InChI=1S/C16H25NO/c1-5-9-17-11-15-10-14(4)7-8-16(15)18-12-13(3)6-2/h7-8,10,17H,3,5-6,9,11-12H2,1-2,4H3. The van der Waals surface area contributed by atoms with Gasteiger partial charge < -0.3 is 10.1 Å². The van der Waals surface area contributed by atoms with Crippen molar-refractivity contribution >= 4 is 0 Å². The lowest BCUT2D eigenvalue weighted by atomic mass is 10.1. The van der Waals surface area contributed by atoms with E-state index in [-0.39, 0.29) is 0 Å². The van der Waals surface area contributed by atoms with Crippen LogP contribution in [0.2, 0.25) is 0 Å². The molecule has 0 atom stereocenters. The van der Waals surface area contributed by atoms with Crippen molar-refractivity contribution in [3.8, 4) is 5.75 Å². The number of nitrogens with one attached hydrogen (secondary N) is 1. The Morgan fingerprint density at radius 1 is 1.33 bits per heavy atom. The van der Waals surface area contributed by atoms with Crippen molar-refractivity contribution < 1.29 is 4.74 Å². The summed E-state index contributed by atoms with van der Waals surface area (Å²) in [5, 5.41) is 3.42. The molecule has 0 heterocycles. The number of hydrogen-bond acceptors (Lipinski definition) is 2. The molecule has 18 heavy (non-hydrogen) atoms. The average molecular weight is 247 g/mol. The fraction of sp³-hybridized carbons (Fsp3) is 0.500. The molecule has 0 aromatic heterocycles. The van der Waals surface area contributed by atoms with Crippen molar-refractivity contribution in [1.29, 1.82) is 0 Å². The minimum Gasteiger partial charge on any atom is -0.489 e. The maximum atomic E-state index is 5.84. The van der Waals surface area contributed by atoms with Crippen LogP contribution in [-0.4, -0.2) is 13.2 Å². The molecule has 0 aliphatic rings. The van der Waals surface area contributed by atoms with E-state index in [9.17, 15) is 0 Å². The highest BCUT2D eigenvalue weighted by atomic mass is 16.5. The summed E-state index contributed by atoms with van der Waals surface area (Å²) in [5.74, 6) is 0.971. The normalized spacial score (nSPS) is 10.4. The second-order valence-electron chi connectivity index (χ2n) is 4.68. The second-order valence-corrected chi connectivity index (χ2v) is 4.68. The number of hydrogen-bond donors (Lipinski definition) is 1. The first-order valence-corrected chi connectivity index (χ1v) is 6.77. The van der Waals surface area contributed by atoms with Crippen LogP contribution in [0.3, 0.4) is 0 Å². The molecule has 2 heteroatoms. The lowest BCUT2D eigenvalue weighted by Gasteiger charge is -2.13. The fourth-order valence-corrected chi connectivity index (χ4v) is 1.67. The first-order chi connectivity index (χ1) is 8.67. The van der Waals surface area contributed by atoms with Crippen LogP contribution >= 0.6 is 0 Å². The van der Waals surface area contributed by atoms with E-state index >= 15 is 0 Å². The third-order valence-electron chi connectivity index (χ3n) is 2.89. The predicted molar refractivity (Wildman–Crippen MR) is 78.1 cm³/mol. The van der Waals surface area contributed by atoms with E-state index in [1.54, 1.807) is 0 Å². The Kier molecular flexibility index (Phi) is 6.51. The van der Waals surface area contributed by atoms with Gasteiger partial charge in [-0.15, -0.1) is 0 Å². The van der Waals surface area contributed by atoms with Gasteiger partial charge in [-0.3, -0.25) is 0 Å². The highest BCUT2D eigenvalue weighted by molar-refractivity contribution is 5.37. The van der Waals surface area contributed by atoms with Gasteiger partial charge >= 0.3 is 0 Å². The van der Waals surface area contributed by atoms with Crippen LogP contribution in [0.5, 0.6) is 5.75 Å². The highest BCUT2D eigenvalue weighted by Crippen LogP contribution is 2.20. The van der Waals surface area contributed by atoms with Crippen LogP contribution in [-0.2, 0) is 6.54 Å². The summed E-state index contributed by atoms with van der Waals surface area (Å²) in [6.45, 7) is 12.9. The zero-order valence-electron chi connectivity index (χ0n) is 11.9. The lowest BCUT2D eigenvalue weighted by Crippen LogP contribution is -2.15. The van der Waals surface area contributed by atoms with Crippen molar-refractivity contribution in [2.45, 2.75) is 40.2 Å². The number of ether oxygens (including phenoxy) is 1. The van der Waals surface area contributed by atoms with Gasteiger partial charge in [0.25, 0.3) is 0 Å². The Balaban J connectivity index is 2.66. The van der Waals surface area contributed by atoms with Gasteiger partial charge in [0.05, 0.1) is 0 Å². The molecule has 1 N–H and O–H groups in total. The number of aryl methyl sites for hydroxylation is 1. The van der Waals surface area contributed by atoms with E-state index in [4.69, 9.17) is 4.74 Å². The summed E-state index contributed by atoms with van der Waals surface area (Å²) < 4.78 is 5.84. The summed E-state index contributed by atoms with van der Waals surface area (Å²) in [7, 11) is 0. The summed E-state index contributed by atoms with van der Waals surface area (Å²) in [4.78, 5) is 0. The SMILES string of the molecule is C=C(CC)COc1ccc(C)cc1CNCCC. The van der Waals surface area contributed by atoms with Crippen molar-refractivity contribution in [3.63, 3.8) is 0 Å². The molecule has 0 bridgehead atoms. The third-order valence-corrected chi connectivity index (χ3v) is 2.89. The van der Waals surface area contributed by atoms with Crippen LogP contribution in [0, 0.1) is 6.92 Å². The quantitative estimate of drug-likeness (QED) is 0.556. The Morgan fingerprint density at radius 2 is 2.11 bits per heavy atom. The third kappa shape index (κ3) is 4.92. The van der Waals surface area contributed by atoms with Crippen molar-refractivity contribution in [1.82, 2.24) is 5.32 Å². The minimum atomic E-state index is 0.611. The van der Waals surface area contributed by atoms with Crippen LogP contribution in [0.4, 0.5) is 0 Å². The summed E-state index contributed by atoms with van der Waals surface area (Å²) in [6, 6.07) is 6.33. The molecule has 0 saturated heterocycles. The van der Waals surface area contributed by atoms with E-state index in [1.807, 2.05) is 0 Å². The molecule has 0 aliphatic carbocycles. The van der Waals surface area contributed by atoms with Gasteiger partial charge in [-0.2, -0.15) is 0 Å². The minimum absolute atomic E-state index is 0.611. The van der Waals surface area contributed by atoms with Crippen LogP contribution in [0.1, 0.15) is 37.8 Å². The molecular weight excluding hydrogens is 222 g/mol. The van der Waals surface area contributed by atoms with Gasteiger partial charge in [-0.25, -0.2) is 0 Å². The molecular formula is C16H25NO. The Hall–Kier alpha value is -1.28. The van der Waals surface area contributed by atoms with E-state index in [0.717, 1.165) is 37.3 Å². The largest absolute Gasteiger partial charge is 0.489 e. The van der Waals surface area contributed by atoms with Gasteiger partial charge in [-0.05, 0) is 37.9 Å². The van der Waals surface area contributed by atoms with Crippen molar-refractivity contribution in [2.24, 2.45) is 0 Å². The zero-order chi connectivity index (χ0) is 13.4. The summed E-state index contributed by atoms with van der Waals surface area (Å²) in [5.41, 5.74) is 3.63. The topological polar surface area (TPSA) is 21.3 Å². The Bertz CT molecular complexity index is 385. The van der Waals surface area contributed by atoms with Gasteiger partial charge in [0.1, 0.15) is 12.4 Å². The maximum absolute atomic E-state index is 5.84. The van der Waals surface area contributed by atoms with Gasteiger partial charge in [0, 0.05) is 12.1 Å². The fourth-order valence-electron chi connectivity index (χ4n) is 1.67. The van der Waals surface area contributed by atoms with Gasteiger partial charge in [0.15, 0.2) is 0 Å². The second kappa shape index (κ2) is 7.93. The zero-order valence-corrected chi connectivity index (χ0v) is 11.9. The maximum Gasteiger partial charge on any atom is 0.124 e. The van der Waals surface area contributed by atoms with Crippen LogP contribution in [0.15, 0.2) is 30.4 Å². The molecule has 0 spiro atoms. The van der Waals surface area contributed by atoms with E-state index in [1.165, 1.54) is 11.1 Å². The molecule has 0 aliphatic heterocycles. The first kappa shape index (κ1) is 14.8. The Morgan fingerprint density at radius 3 is 2.78 bits per heavy atom. The first-order valence-electron chi connectivity index (χ1n) is 6.77. The molecule has 0 amide bonds. The summed E-state index contributed by atoms with van der Waals surface area (Å²) in [6.07, 6.45) is 2.12.